The molecular weight excluding hydrogens is 214 g/mol. The highest BCUT2D eigenvalue weighted by Crippen LogP contribution is 2.18. The molecule has 0 saturated carbocycles. The van der Waals surface area contributed by atoms with E-state index < -0.39 is 12.2 Å². The number of benzene rings is 1. The lowest BCUT2D eigenvalue weighted by atomic mass is 10.3. The topological polar surface area (TPSA) is 104 Å². The molecule has 0 bridgehead atoms. The molecule has 0 fully saturated rings. The molecular formula is C9H7N3O4. The molecule has 0 aliphatic carbocycles. The predicted molar refractivity (Wildman–Crippen MR) is 54.8 cm³/mol. The first-order valence-corrected chi connectivity index (χ1v) is 4.30. The van der Waals surface area contributed by atoms with Crippen molar-refractivity contribution in [2.45, 2.75) is 0 Å². The van der Waals surface area contributed by atoms with Crippen LogP contribution >= 0.6 is 0 Å². The van der Waals surface area contributed by atoms with E-state index >= 15 is 0 Å². The van der Waals surface area contributed by atoms with Gasteiger partial charge in [0.05, 0.1) is 11.0 Å². The van der Waals surface area contributed by atoms with Crippen molar-refractivity contribution in [2.24, 2.45) is 0 Å². The molecule has 0 atom stereocenters. The zero-order valence-corrected chi connectivity index (χ0v) is 7.91. The minimum atomic E-state index is -1.36. The molecule has 7 heteroatoms. The van der Waals surface area contributed by atoms with E-state index in [1.807, 2.05) is 5.32 Å². The van der Waals surface area contributed by atoms with Crippen LogP contribution < -0.4 is 5.32 Å². The number of imidazole rings is 1. The molecule has 16 heavy (non-hydrogen) atoms. The summed E-state index contributed by atoms with van der Waals surface area (Å²) in [5.41, 5.74) is 0.743. The lowest BCUT2D eigenvalue weighted by Gasteiger charge is -2.01. The first kappa shape index (κ1) is 9.97. The molecule has 2 aromatic rings. The molecule has 0 aliphatic heterocycles. The van der Waals surface area contributed by atoms with Gasteiger partial charge in [0.15, 0.2) is 0 Å². The molecule has 7 nitrogen and oxygen atoms in total. The summed E-state index contributed by atoms with van der Waals surface area (Å²) in [6.07, 6.45) is -2.66. The minimum absolute atomic E-state index is 0.235. The predicted octanol–water partition coefficient (Wildman–Crippen LogP) is 1.65. The van der Waals surface area contributed by atoms with Crippen molar-refractivity contribution in [3.05, 3.63) is 24.3 Å². The zero-order chi connectivity index (χ0) is 11.7. The molecule has 0 saturated heterocycles. The summed E-state index contributed by atoms with van der Waals surface area (Å²) < 4.78 is 0.781. The molecule has 0 spiro atoms. The maximum atomic E-state index is 11.0. The number of fused-ring (bicyclic) bond motifs is 1. The first-order valence-electron chi connectivity index (χ1n) is 4.30. The largest absolute Gasteiger partial charge is 0.465 e. The van der Waals surface area contributed by atoms with Gasteiger partial charge in [-0.15, -0.1) is 0 Å². The van der Waals surface area contributed by atoms with Crippen LogP contribution in [0.15, 0.2) is 24.3 Å². The van der Waals surface area contributed by atoms with Crippen LogP contribution in [-0.2, 0) is 0 Å². The Bertz CT molecular complexity index is 575. The average molecular weight is 221 g/mol. The van der Waals surface area contributed by atoms with Gasteiger partial charge >= 0.3 is 12.2 Å². The first-order chi connectivity index (χ1) is 7.59. The second-order valence-corrected chi connectivity index (χ2v) is 2.97. The molecule has 1 aromatic carbocycles. The van der Waals surface area contributed by atoms with Gasteiger partial charge in [-0.1, -0.05) is 12.1 Å². The van der Waals surface area contributed by atoms with Crippen LogP contribution in [0.5, 0.6) is 0 Å². The Balaban J connectivity index is 2.68. The normalized spacial score (nSPS) is 10.2. The average Bonchev–Trinajstić information content (AvgIpc) is 2.53. The highest BCUT2D eigenvalue weighted by molar-refractivity contribution is 5.93. The van der Waals surface area contributed by atoms with Gasteiger partial charge in [0.25, 0.3) is 0 Å². The van der Waals surface area contributed by atoms with Crippen LogP contribution in [0.4, 0.5) is 15.5 Å². The Hall–Kier alpha value is -2.57. The fourth-order valence-corrected chi connectivity index (χ4v) is 1.40. The molecule has 0 radical (unpaired) electrons. The monoisotopic (exact) mass is 221 g/mol. The van der Waals surface area contributed by atoms with Crippen LogP contribution in [0, 0.1) is 0 Å². The van der Waals surface area contributed by atoms with Gasteiger partial charge in [0.1, 0.15) is 0 Å². The standard InChI is InChI=1S/C9H7N3O4/c13-8(14)11-7-10-5-3-1-2-4-6(5)12(7)9(15)16/h1-4H,(H,10,11)(H,13,14)(H,15,16). The number of aromatic nitrogens is 2. The molecule has 1 amide bonds. The van der Waals surface area contributed by atoms with Crippen LogP contribution in [0.25, 0.3) is 11.0 Å². The van der Waals surface area contributed by atoms with Crippen molar-refractivity contribution >= 4 is 29.2 Å². The fourth-order valence-electron chi connectivity index (χ4n) is 1.40. The maximum Gasteiger partial charge on any atom is 0.418 e. The van der Waals surface area contributed by atoms with Gasteiger partial charge in [-0.05, 0) is 12.1 Å². The fraction of sp³-hybridized carbons (Fsp3) is 0. The quantitative estimate of drug-likeness (QED) is 0.679. The van der Waals surface area contributed by atoms with Crippen molar-refractivity contribution < 1.29 is 19.8 Å². The van der Waals surface area contributed by atoms with Crippen molar-refractivity contribution in [3.63, 3.8) is 0 Å². The smallest absolute Gasteiger partial charge is 0.418 e. The van der Waals surface area contributed by atoms with Crippen molar-refractivity contribution in [1.29, 1.82) is 0 Å². The lowest BCUT2D eigenvalue weighted by molar-refractivity contribution is 0.197. The molecule has 0 aliphatic rings. The number of nitrogens with zero attached hydrogens (tertiary/aromatic N) is 2. The van der Waals surface area contributed by atoms with Crippen molar-refractivity contribution in [2.75, 3.05) is 5.32 Å². The van der Waals surface area contributed by atoms with E-state index in [0.717, 1.165) is 4.57 Å². The Kier molecular flexibility index (Phi) is 2.20. The SMILES string of the molecule is O=C(O)Nc1nc2ccccc2n1C(=O)O. The molecule has 0 unspecified atom stereocenters. The summed E-state index contributed by atoms with van der Waals surface area (Å²) in [6.45, 7) is 0. The van der Waals surface area contributed by atoms with E-state index in [9.17, 15) is 9.59 Å². The third kappa shape index (κ3) is 1.54. The second kappa shape index (κ2) is 3.54. The third-order valence-corrected chi connectivity index (χ3v) is 1.97. The molecule has 1 heterocycles. The van der Waals surface area contributed by atoms with E-state index in [1.54, 1.807) is 24.3 Å². The van der Waals surface area contributed by atoms with E-state index in [1.165, 1.54) is 0 Å². The van der Waals surface area contributed by atoms with Crippen molar-refractivity contribution in [1.82, 2.24) is 9.55 Å². The molecule has 82 valence electrons. The number of para-hydroxylation sites is 2. The maximum absolute atomic E-state index is 11.0. The van der Waals surface area contributed by atoms with Gasteiger partial charge < -0.3 is 10.2 Å². The number of carboxylic acid groups (broad SMARTS) is 2. The van der Waals surface area contributed by atoms with Crippen LogP contribution in [0.1, 0.15) is 0 Å². The van der Waals surface area contributed by atoms with E-state index in [-0.39, 0.29) is 5.95 Å². The number of rotatable bonds is 1. The Labute approximate surface area is 88.9 Å². The summed E-state index contributed by atoms with van der Waals surface area (Å²) in [5, 5.41) is 19.4. The lowest BCUT2D eigenvalue weighted by Crippen LogP contribution is -2.16. The summed E-state index contributed by atoms with van der Waals surface area (Å²) in [6, 6.07) is 6.48. The number of nitrogens with one attached hydrogen (secondary N) is 1. The van der Waals surface area contributed by atoms with Gasteiger partial charge in [0, 0.05) is 0 Å². The molecule has 1 aromatic heterocycles. The highest BCUT2D eigenvalue weighted by atomic mass is 16.4. The Morgan fingerprint density at radius 2 is 1.94 bits per heavy atom. The van der Waals surface area contributed by atoms with Gasteiger partial charge in [-0.3, -0.25) is 5.32 Å². The summed E-state index contributed by atoms with van der Waals surface area (Å²) in [5.74, 6) is -0.235. The van der Waals surface area contributed by atoms with Crippen LogP contribution in [-0.4, -0.2) is 32.0 Å². The summed E-state index contributed by atoms with van der Waals surface area (Å²) in [7, 11) is 0. The summed E-state index contributed by atoms with van der Waals surface area (Å²) in [4.78, 5) is 25.3. The number of hydrogen-bond acceptors (Lipinski definition) is 3. The number of amides is 1. The van der Waals surface area contributed by atoms with Crippen LogP contribution in [0.2, 0.25) is 0 Å². The number of hydrogen-bond donors (Lipinski definition) is 3. The zero-order valence-electron chi connectivity index (χ0n) is 7.91. The van der Waals surface area contributed by atoms with E-state index in [2.05, 4.69) is 4.98 Å². The Morgan fingerprint density at radius 3 is 2.56 bits per heavy atom. The second-order valence-electron chi connectivity index (χ2n) is 2.97. The number of carbonyl (C=O) groups is 2. The summed E-state index contributed by atoms with van der Waals surface area (Å²) >= 11 is 0. The minimum Gasteiger partial charge on any atom is -0.465 e. The Morgan fingerprint density at radius 1 is 1.25 bits per heavy atom. The van der Waals surface area contributed by atoms with Gasteiger partial charge in [-0.2, -0.15) is 0 Å². The number of anilines is 1. The molecule has 2 rings (SSSR count). The third-order valence-electron chi connectivity index (χ3n) is 1.97. The van der Waals surface area contributed by atoms with Crippen LogP contribution in [0.3, 0.4) is 0 Å². The highest BCUT2D eigenvalue weighted by Gasteiger charge is 2.16. The van der Waals surface area contributed by atoms with Gasteiger partial charge in [-0.25, -0.2) is 19.1 Å². The molecule has 3 N–H and O–H groups in total. The van der Waals surface area contributed by atoms with Crippen molar-refractivity contribution in [3.8, 4) is 0 Å². The van der Waals surface area contributed by atoms with E-state index in [0.29, 0.717) is 11.0 Å². The van der Waals surface area contributed by atoms with Gasteiger partial charge in [0.2, 0.25) is 5.95 Å². The van der Waals surface area contributed by atoms with E-state index in [4.69, 9.17) is 10.2 Å².